The summed E-state index contributed by atoms with van der Waals surface area (Å²) in [6.45, 7) is 13.3. The Bertz CT molecular complexity index is 212. The summed E-state index contributed by atoms with van der Waals surface area (Å²) in [5.41, 5.74) is -0.486. The van der Waals surface area contributed by atoms with Gasteiger partial charge in [-0.15, -0.1) is 0 Å². The van der Waals surface area contributed by atoms with Gasteiger partial charge in [0.15, 0.2) is 0 Å². The van der Waals surface area contributed by atoms with Gasteiger partial charge in [-0.3, -0.25) is 0 Å². The van der Waals surface area contributed by atoms with Crippen LogP contribution >= 0.6 is 0 Å². The molecule has 0 amide bonds. The van der Waals surface area contributed by atoms with E-state index in [4.69, 9.17) is 0 Å². The first kappa shape index (κ1) is 20.0. The molecule has 1 heteroatoms. The van der Waals surface area contributed by atoms with E-state index >= 15 is 0 Å². The second kappa shape index (κ2) is 10.7. The summed E-state index contributed by atoms with van der Waals surface area (Å²) in [5, 5.41) is 11.3. The van der Waals surface area contributed by atoms with Gasteiger partial charge in [-0.25, -0.2) is 0 Å². The molecule has 0 saturated carbocycles. The van der Waals surface area contributed by atoms with Gasteiger partial charge in [-0.2, -0.15) is 0 Å². The fourth-order valence-electron chi connectivity index (χ4n) is 3.66. The van der Waals surface area contributed by atoms with Crippen LogP contribution in [0.5, 0.6) is 0 Å². The molecule has 0 aromatic carbocycles. The summed E-state index contributed by atoms with van der Waals surface area (Å²) in [7, 11) is 0. The highest BCUT2D eigenvalue weighted by molar-refractivity contribution is 4.91. The van der Waals surface area contributed by atoms with Crippen molar-refractivity contribution in [2.24, 2.45) is 17.8 Å². The molecule has 0 aliphatic carbocycles. The fraction of sp³-hybridized carbons (Fsp3) is 1.00. The van der Waals surface area contributed by atoms with E-state index in [0.717, 1.165) is 0 Å². The zero-order valence-corrected chi connectivity index (χ0v) is 15.0. The highest BCUT2D eigenvalue weighted by atomic mass is 16.3. The molecule has 0 aromatic rings. The van der Waals surface area contributed by atoms with E-state index in [2.05, 4.69) is 41.5 Å². The predicted molar refractivity (Wildman–Crippen MR) is 91.0 cm³/mol. The molecule has 0 radical (unpaired) electrons. The van der Waals surface area contributed by atoms with Gasteiger partial charge in [0, 0.05) is 0 Å². The zero-order valence-electron chi connectivity index (χ0n) is 15.0. The zero-order chi connectivity index (χ0) is 15.6. The summed E-state index contributed by atoms with van der Waals surface area (Å²) in [6.07, 6.45) is 11.5. The monoisotopic (exact) mass is 284 g/mol. The first-order valence-electron chi connectivity index (χ1n) is 9.13. The maximum Gasteiger partial charge on any atom is 0.0721 e. The number of aliphatic hydroxyl groups is 1. The Morgan fingerprint density at radius 3 is 1.60 bits per heavy atom. The number of hydrogen-bond donors (Lipinski definition) is 1. The number of unbranched alkanes of at least 4 members (excludes halogenated alkanes) is 5. The topological polar surface area (TPSA) is 20.2 Å². The summed E-state index contributed by atoms with van der Waals surface area (Å²) in [4.78, 5) is 0. The molecule has 0 fully saturated rings. The Kier molecular flexibility index (Phi) is 10.6. The molecule has 0 heterocycles. The highest BCUT2D eigenvalue weighted by Gasteiger charge is 2.41. The molecule has 1 N–H and O–H groups in total. The van der Waals surface area contributed by atoms with Crippen LogP contribution in [0.1, 0.15) is 99.3 Å². The highest BCUT2D eigenvalue weighted by Crippen LogP contribution is 2.39. The third-order valence-corrected chi connectivity index (χ3v) is 5.07. The Labute approximate surface area is 128 Å². The van der Waals surface area contributed by atoms with Crippen LogP contribution in [0.25, 0.3) is 0 Å². The van der Waals surface area contributed by atoms with Crippen molar-refractivity contribution in [1.29, 1.82) is 0 Å². The lowest BCUT2D eigenvalue weighted by atomic mass is 9.68. The van der Waals surface area contributed by atoms with Gasteiger partial charge in [0.2, 0.25) is 0 Å². The minimum Gasteiger partial charge on any atom is -0.389 e. The summed E-state index contributed by atoms with van der Waals surface area (Å²) in [5.74, 6) is 1.17. The van der Waals surface area contributed by atoms with Crippen LogP contribution in [0.4, 0.5) is 0 Å². The summed E-state index contributed by atoms with van der Waals surface area (Å²) in [6, 6.07) is 0. The molecule has 0 aliphatic heterocycles. The molecule has 122 valence electrons. The van der Waals surface area contributed by atoms with Crippen molar-refractivity contribution < 1.29 is 5.11 Å². The maximum atomic E-state index is 11.3. The lowest BCUT2D eigenvalue weighted by Gasteiger charge is -2.43. The van der Waals surface area contributed by atoms with Crippen molar-refractivity contribution in [3.05, 3.63) is 0 Å². The summed E-state index contributed by atoms with van der Waals surface area (Å²) < 4.78 is 0. The van der Waals surface area contributed by atoms with Gasteiger partial charge in [-0.1, -0.05) is 86.5 Å². The first-order chi connectivity index (χ1) is 9.41. The van der Waals surface area contributed by atoms with Crippen molar-refractivity contribution >= 4 is 0 Å². The maximum absolute atomic E-state index is 11.3. The molecule has 0 bridgehead atoms. The van der Waals surface area contributed by atoms with Crippen LogP contribution in [-0.2, 0) is 0 Å². The van der Waals surface area contributed by atoms with Crippen LogP contribution in [0.3, 0.4) is 0 Å². The summed E-state index contributed by atoms with van der Waals surface area (Å²) >= 11 is 0. The van der Waals surface area contributed by atoms with Crippen LogP contribution in [-0.4, -0.2) is 10.7 Å². The van der Waals surface area contributed by atoms with Gasteiger partial charge in [0.1, 0.15) is 0 Å². The van der Waals surface area contributed by atoms with Gasteiger partial charge >= 0.3 is 0 Å². The average molecular weight is 285 g/mol. The average Bonchev–Trinajstić information content (AvgIpc) is 2.40. The van der Waals surface area contributed by atoms with E-state index in [1.807, 2.05) is 0 Å². The Balaban J connectivity index is 4.58. The molecule has 20 heavy (non-hydrogen) atoms. The van der Waals surface area contributed by atoms with E-state index in [-0.39, 0.29) is 0 Å². The molecule has 0 aliphatic rings. The van der Waals surface area contributed by atoms with Gasteiger partial charge < -0.3 is 5.11 Å². The van der Waals surface area contributed by atoms with E-state index in [0.29, 0.717) is 17.8 Å². The van der Waals surface area contributed by atoms with Crippen molar-refractivity contribution in [3.63, 3.8) is 0 Å². The van der Waals surface area contributed by atoms with Crippen LogP contribution in [0, 0.1) is 17.8 Å². The predicted octanol–water partition coefficient (Wildman–Crippen LogP) is 6.20. The second-order valence-electron chi connectivity index (χ2n) is 7.24. The largest absolute Gasteiger partial charge is 0.389 e. The van der Waals surface area contributed by atoms with Crippen molar-refractivity contribution in [1.82, 2.24) is 0 Å². The molecule has 1 unspecified atom stereocenters. The fourth-order valence-corrected chi connectivity index (χ4v) is 3.66. The first-order valence-corrected chi connectivity index (χ1v) is 9.13. The van der Waals surface area contributed by atoms with E-state index < -0.39 is 5.60 Å². The van der Waals surface area contributed by atoms with E-state index in [1.165, 1.54) is 57.8 Å². The molecule has 1 nitrogen and oxygen atoms in total. The van der Waals surface area contributed by atoms with Crippen molar-refractivity contribution in [2.45, 2.75) is 105 Å². The molecule has 0 aromatic heterocycles. The molecule has 0 saturated heterocycles. The van der Waals surface area contributed by atoms with Gasteiger partial charge in [-0.05, 0) is 30.6 Å². The van der Waals surface area contributed by atoms with Gasteiger partial charge in [0.25, 0.3) is 0 Å². The Hall–Kier alpha value is -0.0400. The van der Waals surface area contributed by atoms with E-state index in [1.54, 1.807) is 0 Å². The third-order valence-electron chi connectivity index (χ3n) is 5.07. The molecular formula is C19H40O. The number of hydrogen-bond acceptors (Lipinski definition) is 1. The SMILES string of the molecule is CCCCCCCC(CCCC)C(O)(C(C)C)C(C)C. The lowest BCUT2D eigenvalue weighted by Crippen LogP contribution is -2.47. The minimum atomic E-state index is -0.486. The number of rotatable bonds is 12. The van der Waals surface area contributed by atoms with Crippen LogP contribution in [0.15, 0.2) is 0 Å². The molecule has 0 rings (SSSR count). The van der Waals surface area contributed by atoms with Gasteiger partial charge in [0.05, 0.1) is 5.60 Å². The Morgan fingerprint density at radius 2 is 1.15 bits per heavy atom. The van der Waals surface area contributed by atoms with Crippen molar-refractivity contribution in [2.75, 3.05) is 0 Å². The standard InChI is InChI=1S/C19H40O/c1-7-9-11-12-13-15-18(14-10-8-2)19(20,16(3)4)17(5)6/h16-18,20H,7-15H2,1-6H3. The van der Waals surface area contributed by atoms with Crippen LogP contribution in [0.2, 0.25) is 0 Å². The second-order valence-corrected chi connectivity index (χ2v) is 7.24. The van der Waals surface area contributed by atoms with Crippen molar-refractivity contribution in [3.8, 4) is 0 Å². The normalized spacial score (nSPS) is 14.2. The lowest BCUT2D eigenvalue weighted by molar-refractivity contribution is -0.102. The molecular weight excluding hydrogens is 244 g/mol. The quantitative estimate of drug-likeness (QED) is 0.423. The Morgan fingerprint density at radius 1 is 0.700 bits per heavy atom. The minimum absolute atomic E-state index is 0.347. The van der Waals surface area contributed by atoms with E-state index in [9.17, 15) is 5.11 Å². The molecule has 1 atom stereocenters. The molecule has 0 spiro atoms. The van der Waals surface area contributed by atoms with Crippen LogP contribution < -0.4 is 0 Å². The third kappa shape index (κ3) is 6.16. The smallest absolute Gasteiger partial charge is 0.0721 e.